The number of ether oxygens (including phenoxy) is 3. The number of aliphatic hydroxyl groups is 1. The zero-order chi connectivity index (χ0) is 30.5. The van der Waals surface area contributed by atoms with Gasteiger partial charge in [-0.15, -0.1) is 0 Å². The molecule has 2 heterocycles. The minimum absolute atomic E-state index is 0.0467. The van der Waals surface area contributed by atoms with Crippen LogP contribution in [0.3, 0.4) is 0 Å². The third-order valence-corrected chi connectivity index (χ3v) is 7.53. The molecule has 0 amide bonds. The lowest BCUT2D eigenvalue weighted by molar-refractivity contribution is -0.137. The molecule has 224 valence electrons. The number of hydrogen-bond acceptors (Lipinski definition) is 6. The Bertz CT molecular complexity index is 1690. The Labute approximate surface area is 245 Å². The van der Waals surface area contributed by atoms with Crippen molar-refractivity contribution in [1.82, 2.24) is 9.78 Å². The van der Waals surface area contributed by atoms with E-state index in [1.807, 2.05) is 0 Å². The zero-order valence-electron chi connectivity index (χ0n) is 23.4. The Balaban J connectivity index is 1.21. The average Bonchev–Trinajstić information content (AvgIpc) is 3.66. The van der Waals surface area contributed by atoms with E-state index in [1.165, 1.54) is 23.0 Å². The number of benzene rings is 3. The molecule has 2 aliphatic rings. The summed E-state index contributed by atoms with van der Waals surface area (Å²) in [6, 6.07) is 9.90. The highest BCUT2D eigenvalue weighted by Gasteiger charge is 2.33. The fourth-order valence-electron chi connectivity index (χ4n) is 5.66. The van der Waals surface area contributed by atoms with Crippen LogP contribution in [0.5, 0.6) is 23.0 Å². The number of halogens is 3. The van der Waals surface area contributed by atoms with Crippen molar-refractivity contribution in [1.29, 1.82) is 0 Å². The van der Waals surface area contributed by atoms with Crippen LogP contribution in [0.25, 0.3) is 11.1 Å². The van der Waals surface area contributed by atoms with Gasteiger partial charge < -0.3 is 24.4 Å². The molecule has 1 aliphatic carbocycles. The maximum absolute atomic E-state index is 15.2. The van der Waals surface area contributed by atoms with Crippen LogP contribution in [0.4, 0.5) is 13.2 Å². The predicted octanol–water partition coefficient (Wildman–Crippen LogP) is 6.55. The van der Waals surface area contributed by atoms with E-state index in [9.17, 15) is 9.90 Å². The number of carboxylic acids is 1. The molecule has 8 nitrogen and oxygen atoms in total. The van der Waals surface area contributed by atoms with Crippen molar-refractivity contribution >= 4 is 5.97 Å². The van der Waals surface area contributed by atoms with Gasteiger partial charge in [0.05, 0.1) is 31.4 Å². The SMILES string of the molecule is CC(C)(O)Cn1cc(-c2cc(F)c(Oc3ccc(F)c4c3CC[C@H]4Oc3ccc4c(c3)OCC4CC(=O)O)c(F)c2)cn1. The quantitative estimate of drug-likeness (QED) is 0.227. The highest BCUT2D eigenvalue weighted by molar-refractivity contribution is 5.69. The second-order valence-electron chi connectivity index (χ2n) is 11.5. The summed E-state index contributed by atoms with van der Waals surface area (Å²) in [6.45, 7) is 3.71. The Morgan fingerprint density at radius 3 is 2.58 bits per heavy atom. The molecule has 43 heavy (non-hydrogen) atoms. The fraction of sp³-hybridized carbons (Fsp3) is 0.312. The first-order valence-electron chi connectivity index (χ1n) is 13.8. The Morgan fingerprint density at radius 1 is 1.09 bits per heavy atom. The molecule has 11 heteroatoms. The standard InChI is InChI=1S/C32H29F3N2O6/c1-32(2,40)16-37-14-19(13-36-37)17-9-24(34)31(25(35)10-17)43-26-8-6-23(33)30-22(26)5-7-27(30)42-20-3-4-21-18(11-29(38)39)15-41-28(21)12-20/h3-4,6,8-10,12-14,18,27,40H,5,7,11,15-16H2,1-2H3,(H,38,39)/t18?,27-/m1/s1. The summed E-state index contributed by atoms with van der Waals surface area (Å²) in [6.07, 6.45) is 3.08. The fourth-order valence-corrected chi connectivity index (χ4v) is 5.66. The van der Waals surface area contributed by atoms with Crippen LogP contribution in [0, 0.1) is 17.5 Å². The molecule has 0 radical (unpaired) electrons. The van der Waals surface area contributed by atoms with Gasteiger partial charge in [0, 0.05) is 40.4 Å². The van der Waals surface area contributed by atoms with Crippen LogP contribution in [0.1, 0.15) is 55.4 Å². The molecule has 0 saturated carbocycles. The molecule has 0 saturated heterocycles. The minimum atomic E-state index is -1.01. The van der Waals surface area contributed by atoms with Gasteiger partial charge in [-0.1, -0.05) is 6.07 Å². The third kappa shape index (κ3) is 5.90. The van der Waals surface area contributed by atoms with Crippen LogP contribution >= 0.6 is 0 Å². The molecular weight excluding hydrogens is 565 g/mol. The van der Waals surface area contributed by atoms with Crippen molar-refractivity contribution in [2.75, 3.05) is 6.61 Å². The monoisotopic (exact) mass is 594 g/mol. The number of hydrogen-bond donors (Lipinski definition) is 2. The zero-order valence-corrected chi connectivity index (χ0v) is 23.4. The lowest BCUT2D eigenvalue weighted by atomic mass is 9.98. The average molecular weight is 595 g/mol. The van der Waals surface area contributed by atoms with Crippen LogP contribution in [-0.4, -0.2) is 38.2 Å². The van der Waals surface area contributed by atoms with E-state index in [4.69, 9.17) is 19.3 Å². The van der Waals surface area contributed by atoms with E-state index in [0.29, 0.717) is 35.5 Å². The van der Waals surface area contributed by atoms with E-state index in [0.717, 1.165) is 17.7 Å². The van der Waals surface area contributed by atoms with Crippen LogP contribution < -0.4 is 14.2 Å². The summed E-state index contributed by atoms with van der Waals surface area (Å²) >= 11 is 0. The van der Waals surface area contributed by atoms with Crippen LogP contribution in [0.15, 0.2) is 54.9 Å². The third-order valence-electron chi connectivity index (χ3n) is 7.53. The molecule has 2 N–H and O–H groups in total. The topological polar surface area (TPSA) is 103 Å². The largest absolute Gasteiger partial charge is 0.492 e. The van der Waals surface area contributed by atoms with Gasteiger partial charge in [0.15, 0.2) is 17.4 Å². The van der Waals surface area contributed by atoms with Crippen molar-refractivity contribution < 1.29 is 42.4 Å². The Hall–Kier alpha value is -4.51. The normalized spacial score (nSPS) is 17.3. The Kier molecular flexibility index (Phi) is 7.29. The van der Waals surface area contributed by atoms with E-state index in [2.05, 4.69) is 5.10 Å². The first-order valence-corrected chi connectivity index (χ1v) is 13.8. The highest BCUT2D eigenvalue weighted by atomic mass is 19.1. The molecule has 1 aliphatic heterocycles. The van der Waals surface area contributed by atoms with E-state index in [1.54, 1.807) is 38.2 Å². The number of nitrogens with zero attached hydrogens (tertiary/aromatic N) is 2. The van der Waals surface area contributed by atoms with Gasteiger partial charge in [-0.3, -0.25) is 9.48 Å². The first-order chi connectivity index (χ1) is 20.4. The van der Waals surface area contributed by atoms with Gasteiger partial charge in [-0.25, -0.2) is 13.2 Å². The van der Waals surface area contributed by atoms with Crippen molar-refractivity contribution in [3.63, 3.8) is 0 Å². The van der Waals surface area contributed by atoms with Gasteiger partial charge in [0.25, 0.3) is 0 Å². The maximum atomic E-state index is 15.2. The molecule has 4 aromatic rings. The minimum Gasteiger partial charge on any atom is -0.492 e. The molecule has 0 fully saturated rings. The lowest BCUT2D eigenvalue weighted by Crippen LogP contribution is -2.26. The number of aromatic nitrogens is 2. The second-order valence-corrected chi connectivity index (χ2v) is 11.5. The van der Waals surface area contributed by atoms with Crippen molar-refractivity contribution in [2.45, 2.75) is 57.3 Å². The number of fused-ring (bicyclic) bond motifs is 2. The smallest absolute Gasteiger partial charge is 0.304 e. The van der Waals surface area contributed by atoms with Crippen LogP contribution in [-0.2, 0) is 17.8 Å². The second kappa shape index (κ2) is 11.0. The lowest BCUT2D eigenvalue weighted by Gasteiger charge is -2.18. The Morgan fingerprint density at radius 2 is 1.86 bits per heavy atom. The van der Waals surface area contributed by atoms with Gasteiger partial charge in [-0.05, 0) is 62.6 Å². The van der Waals surface area contributed by atoms with Gasteiger partial charge in [0.2, 0.25) is 0 Å². The number of rotatable bonds is 9. The molecule has 0 bridgehead atoms. The first kappa shape index (κ1) is 28.6. The highest BCUT2D eigenvalue weighted by Crippen LogP contribution is 2.45. The molecule has 3 aromatic carbocycles. The van der Waals surface area contributed by atoms with E-state index >= 15 is 13.2 Å². The summed E-state index contributed by atoms with van der Waals surface area (Å²) in [5.74, 6) is -3.10. The van der Waals surface area contributed by atoms with Crippen molar-refractivity contribution in [2.24, 2.45) is 0 Å². The van der Waals surface area contributed by atoms with Gasteiger partial charge in [-0.2, -0.15) is 5.10 Å². The summed E-state index contributed by atoms with van der Waals surface area (Å²) < 4.78 is 64.4. The van der Waals surface area contributed by atoms with E-state index in [-0.39, 0.29) is 42.4 Å². The predicted molar refractivity (Wildman–Crippen MR) is 149 cm³/mol. The van der Waals surface area contributed by atoms with Crippen molar-refractivity contribution in [3.05, 3.63) is 89.0 Å². The summed E-state index contributed by atoms with van der Waals surface area (Å²) in [5, 5.41) is 23.3. The summed E-state index contributed by atoms with van der Waals surface area (Å²) in [7, 11) is 0. The van der Waals surface area contributed by atoms with Gasteiger partial charge in [0.1, 0.15) is 29.2 Å². The van der Waals surface area contributed by atoms with Crippen molar-refractivity contribution in [3.8, 4) is 34.1 Å². The molecule has 1 aromatic heterocycles. The number of carboxylic acid groups (broad SMARTS) is 1. The maximum Gasteiger partial charge on any atom is 0.304 e. The number of aliphatic carboxylic acids is 1. The van der Waals surface area contributed by atoms with Crippen LogP contribution in [0.2, 0.25) is 0 Å². The molecule has 1 unspecified atom stereocenters. The molecule has 2 atom stereocenters. The van der Waals surface area contributed by atoms with Gasteiger partial charge >= 0.3 is 5.97 Å². The van der Waals surface area contributed by atoms with E-state index < -0.39 is 40.9 Å². The molecule has 0 spiro atoms. The summed E-state index contributed by atoms with van der Waals surface area (Å²) in [5.41, 5.74) is 1.18. The molecular formula is C32H29F3N2O6. The number of carbonyl (C=O) groups is 1. The summed E-state index contributed by atoms with van der Waals surface area (Å²) in [4.78, 5) is 11.1. The molecule has 6 rings (SSSR count).